The van der Waals surface area contributed by atoms with Crippen LogP contribution in [0.15, 0.2) is 111 Å². The molecule has 0 aliphatic carbocycles. The number of benzene rings is 4. The number of hydrogen-bond donors (Lipinski definition) is 0. The number of hydrogen-bond acceptors (Lipinski definition) is 5. The average molecular weight is 633 g/mol. The van der Waals surface area contributed by atoms with Crippen molar-refractivity contribution in [2.75, 3.05) is 6.61 Å². The molecule has 0 spiro atoms. The summed E-state index contributed by atoms with van der Waals surface area (Å²) in [5.41, 5.74) is 4.88. The van der Waals surface area contributed by atoms with E-state index in [1.807, 2.05) is 85.8 Å². The van der Waals surface area contributed by atoms with Gasteiger partial charge in [0.25, 0.3) is 0 Å². The summed E-state index contributed by atoms with van der Waals surface area (Å²) in [5, 5.41) is 0. The van der Waals surface area contributed by atoms with Gasteiger partial charge in [-0.3, -0.25) is 0 Å². The molecule has 4 aromatic rings. The first-order chi connectivity index (χ1) is 18.5. The second kappa shape index (κ2) is 11.8. The molecular weight excluding hydrogens is 610 g/mol. The largest absolute Gasteiger partial charge is 0.490 e. The van der Waals surface area contributed by atoms with E-state index < -0.39 is 5.97 Å². The van der Waals surface area contributed by atoms with Crippen LogP contribution < -0.4 is 9.47 Å². The first-order valence-corrected chi connectivity index (χ1v) is 13.6. The third-order valence-corrected chi connectivity index (χ3v) is 6.85. The predicted molar refractivity (Wildman–Crippen MR) is 156 cm³/mol. The molecule has 0 atom stereocenters. The summed E-state index contributed by atoms with van der Waals surface area (Å²) >= 11 is 7.09. The quantitative estimate of drug-likeness (QED) is 0.145. The lowest BCUT2D eigenvalue weighted by molar-refractivity contribution is -0.129. The molecular formula is C31H23Br2NO4. The molecule has 1 aliphatic rings. The summed E-state index contributed by atoms with van der Waals surface area (Å²) in [7, 11) is 0. The Bertz CT molecular complexity index is 1530. The SMILES string of the molecule is CCOc1cc(/C=C2\N=C(c3ccc(-c4ccccc4)cc3)OC2=O)cc(Br)c1OCc1cccc(Br)c1. The van der Waals surface area contributed by atoms with E-state index in [0.29, 0.717) is 29.2 Å². The highest BCUT2D eigenvalue weighted by atomic mass is 79.9. The zero-order valence-electron chi connectivity index (χ0n) is 20.5. The summed E-state index contributed by atoms with van der Waals surface area (Å²) in [5.74, 6) is 0.927. The molecule has 38 heavy (non-hydrogen) atoms. The third-order valence-electron chi connectivity index (χ3n) is 5.77. The highest BCUT2D eigenvalue weighted by Gasteiger charge is 2.24. The maximum absolute atomic E-state index is 12.6. The Morgan fingerprint density at radius 2 is 1.58 bits per heavy atom. The number of nitrogens with zero attached hydrogens (tertiary/aromatic N) is 1. The van der Waals surface area contributed by atoms with Crippen molar-refractivity contribution in [1.82, 2.24) is 0 Å². The maximum Gasteiger partial charge on any atom is 0.363 e. The monoisotopic (exact) mass is 631 g/mol. The fourth-order valence-corrected chi connectivity index (χ4v) is 5.00. The Labute approximate surface area is 238 Å². The first-order valence-electron chi connectivity index (χ1n) is 12.0. The van der Waals surface area contributed by atoms with Gasteiger partial charge in [-0.1, -0.05) is 70.5 Å². The molecule has 0 radical (unpaired) electrons. The number of cyclic esters (lactones) is 1. The average Bonchev–Trinajstić information content (AvgIpc) is 3.29. The van der Waals surface area contributed by atoms with Crippen LogP contribution in [0.3, 0.4) is 0 Å². The van der Waals surface area contributed by atoms with Gasteiger partial charge in [0, 0.05) is 10.0 Å². The molecule has 5 nitrogen and oxygen atoms in total. The molecule has 0 fully saturated rings. The van der Waals surface area contributed by atoms with Crippen molar-refractivity contribution < 1.29 is 19.0 Å². The van der Waals surface area contributed by atoms with Crippen LogP contribution in [0, 0.1) is 0 Å². The van der Waals surface area contributed by atoms with Crippen molar-refractivity contribution in [2.45, 2.75) is 13.5 Å². The van der Waals surface area contributed by atoms with E-state index >= 15 is 0 Å². The molecule has 0 saturated heterocycles. The van der Waals surface area contributed by atoms with E-state index in [2.05, 4.69) is 49.0 Å². The fraction of sp³-hybridized carbons (Fsp3) is 0.0968. The summed E-state index contributed by atoms with van der Waals surface area (Å²) < 4.78 is 19.1. The molecule has 7 heteroatoms. The van der Waals surface area contributed by atoms with Crippen LogP contribution in [0.2, 0.25) is 0 Å². The van der Waals surface area contributed by atoms with Crippen molar-refractivity contribution in [1.29, 1.82) is 0 Å². The van der Waals surface area contributed by atoms with Crippen LogP contribution >= 0.6 is 31.9 Å². The maximum atomic E-state index is 12.6. The molecule has 1 aliphatic heterocycles. The van der Waals surface area contributed by atoms with Crippen LogP contribution in [-0.2, 0) is 16.1 Å². The van der Waals surface area contributed by atoms with Crippen LogP contribution in [0.5, 0.6) is 11.5 Å². The second-order valence-corrected chi connectivity index (χ2v) is 10.2. The lowest BCUT2D eigenvalue weighted by atomic mass is 10.0. The highest BCUT2D eigenvalue weighted by molar-refractivity contribution is 9.10. The van der Waals surface area contributed by atoms with E-state index in [1.165, 1.54) is 0 Å². The van der Waals surface area contributed by atoms with Crippen molar-refractivity contribution in [3.8, 4) is 22.6 Å². The fourth-order valence-electron chi connectivity index (χ4n) is 3.98. The van der Waals surface area contributed by atoms with Crippen LogP contribution in [-0.4, -0.2) is 18.5 Å². The number of carbonyl (C=O) groups is 1. The van der Waals surface area contributed by atoms with Gasteiger partial charge in [-0.25, -0.2) is 9.79 Å². The minimum atomic E-state index is -0.504. The molecule has 0 aromatic heterocycles. The predicted octanol–water partition coefficient (Wildman–Crippen LogP) is 8.20. The smallest absolute Gasteiger partial charge is 0.363 e. The van der Waals surface area contributed by atoms with E-state index in [4.69, 9.17) is 14.2 Å². The van der Waals surface area contributed by atoms with Gasteiger partial charge < -0.3 is 14.2 Å². The summed E-state index contributed by atoms with van der Waals surface area (Å²) in [6, 6.07) is 29.5. The Morgan fingerprint density at radius 3 is 2.32 bits per heavy atom. The van der Waals surface area contributed by atoms with Crippen LogP contribution in [0.1, 0.15) is 23.6 Å². The molecule has 1 heterocycles. The van der Waals surface area contributed by atoms with E-state index in [1.54, 1.807) is 6.08 Å². The standard InChI is InChI=1S/C31H23Br2NO4/c1-2-36-28-18-21(16-26(33)29(28)37-19-20-7-6-10-25(32)15-20)17-27-31(35)38-30(34-27)24-13-11-23(12-14-24)22-8-4-3-5-9-22/h3-18H,2,19H2,1H3/b27-17-. The molecule has 0 amide bonds. The summed E-state index contributed by atoms with van der Waals surface area (Å²) in [4.78, 5) is 17.1. The van der Waals surface area contributed by atoms with Gasteiger partial charge in [0.05, 0.1) is 11.1 Å². The topological polar surface area (TPSA) is 57.1 Å². The zero-order chi connectivity index (χ0) is 26.5. The van der Waals surface area contributed by atoms with Gasteiger partial charge >= 0.3 is 5.97 Å². The number of carbonyl (C=O) groups excluding carboxylic acids is 1. The minimum absolute atomic E-state index is 0.212. The van der Waals surface area contributed by atoms with Crippen LogP contribution in [0.25, 0.3) is 17.2 Å². The molecule has 4 aromatic carbocycles. The lowest BCUT2D eigenvalue weighted by Crippen LogP contribution is -2.05. The first kappa shape index (κ1) is 25.9. The Morgan fingerprint density at radius 1 is 0.842 bits per heavy atom. The Balaban J connectivity index is 1.38. The number of esters is 1. The number of aliphatic imine (C=N–C) groups is 1. The Hall–Kier alpha value is -3.68. The van der Waals surface area contributed by atoms with Crippen molar-refractivity contribution >= 4 is 49.8 Å². The van der Waals surface area contributed by atoms with Crippen molar-refractivity contribution in [2.24, 2.45) is 4.99 Å². The minimum Gasteiger partial charge on any atom is -0.490 e. The van der Waals surface area contributed by atoms with Gasteiger partial charge in [-0.05, 0) is 87.6 Å². The third kappa shape index (κ3) is 6.06. The molecule has 0 bridgehead atoms. The molecule has 0 N–H and O–H groups in total. The van der Waals surface area contributed by atoms with Gasteiger partial charge in [-0.2, -0.15) is 0 Å². The number of rotatable bonds is 8. The number of halogens is 2. The molecule has 0 unspecified atom stereocenters. The van der Waals surface area contributed by atoms with Gasteiger partial charge in [-0.15, -0.1) is 0 Å². The van der Waals surface area contributed by atoms with Crippen LogP contribution in [0.4, 0.5) is 0 Å². The molecule has 5 rings (SSSR count). The normalized spacial score (nSPS) is 13.8. The number of ether oxygens (including phenoxy) is 3. The van der Waals surface area contributed by atoms with E-state index in [-0.39, 0.29) is 11.6 Å². The van der Waals surface area contributed by atoms with E-state index in [9.17, 15) is 4.79 Å². The Kier molecular flexibility index (Phi) is 8.05. The molecule has 0 saturated carbocycles. The van der Waals surface area contributed by atoms with Crippen molar-refractivity contribution in [3.63, 3.8) is 0 Å². The summed E-state index contributed by atoms with van der Waals surface area (Å²) in [6.45, 7) is 2.75. The van der Waals surface area contributed by atoms with Gasteiger partial charge in [0.1, 0.15) is 6.61 Å². The van der Waals surface area contributed by atoms with Gasteiger partial charge in [0.15, 0.2) is 17.2 Å². The zero-order valence-corrected chi connectivity index (χ0v) is 23.7. The second-order valence-electron chi connectivity index (χ2n) is 8.46. The van der Waals surface area contributed by atoms with Crippen molar-refractivity contribution in [3.05, 3.63) is 122 Å². The lowest BCUT2D eigenvalue weighted by Gasteiger charge is -2.15. The highest BCUT2D eigenvalue weighted by Crippen LogP contribution is 2.38. The molecule has 190 valence electrons. The van der Waals surface area contributed by atoms with Gasteiger partial charge in [0.2, 0.25) is 5.90 Å². The summed E-state index contributed by atoms with van der Waals surface area (Å²) in [6.07, 6.45) is 1.68. The van der Waals surface area contributed by atoms with E-state index in [0.717, 1.165) is 32.3 Å².